The van der Waals surface area contributed by atoms with Crippen molar-refractivity contribution in [2.45, 2.75) is 24.8 Å². The monoisotopic (exact) mass is 317 g/mol. The molecule has 0 spiro atoms. The van der Waals surface area contributed by atoms with Crippen LogP contribution in [0.1, 0.15) is 24.2 Å². The van der Waals surface area contributed by atoms with Crippen molar-refractivity contribution in [1.29, 1.82) is 0 Å². The fourth-order valence-electron chi connectivity index (χ4n) is 1.50. The lowest BCUT2D eigenvalue weighted by atomic mass is 10.2. The van der Waals surface area contributed by atoms with E-state index in [0.29, 0.717) is 0 Å². The van der Waals surface area contributed by atoms with E-state index in [9.17, 15) is 22.4 Å². The maximum Gasteiger partial charge on any atom is 0.338 e. The molecule has 6 nitrogen and oxygen atoms in total. The number of sulfone groups is 1. The van der Waals surface area contributed by atoms with Gasteiger partial charge in [-0.15, -0.1) is 0 Å². The van der Waals surface area contributed by atoms with Crippen LogP contribution in [0.4, 0.5) is 4.39 Å². The molecule has 116 valence electrons. The molecule has 21 heavy (non-hydrogen) atoms. The fraction of sp³-hybridized carbons (Fsp3) is 0.385. The van der Waals surface area contributed by atoms with Gasteiger partial charge in [-0.1, -0.05) is 0 Å². The lowest BCUT2D eigenvalue weighted by Crippen LogP contribution is -2.37. The zero-order chi connectivity index (χ0) is 16.4. The van der Waals surface area contributed by atoms with Crippen molar-refractivity contribution < 1.29 is 27.5 Å². The van der Waals surface area contributed by atoms with Gasteiger partial charge in [-0.25, -0.2) is 17.6 Å². The molecule has 0 atom stereocenters. The van der Waals surface area contributed by atoms with E-state index in [1.165, 1.54) is 11.9 Å². The number of carboxylic acid groups (broad SMARTS) is 1. The first kappa shape index (κ1) is 17.1. The second-order valence-corrected chi connectivity index (χ2v) is 6.79. The summed E-state index contributed by atoms with van der Waals surface area (Å²) >= 11 is 0. The fourth-order valence-corrected chi connectivity index (χ4v) is 2.77. The summed E-state index contributed by atoms with van der Waals surface area (Å²) in [7, 11) is -2.56. The number of hydrogen-bond acceptors (Lipinski definition) is 4. The van der Waals surface area contributed by atoms with Gasteiger partial charge in [-0.05, 0) is 32.0 Å². The van der Waals surface area contributed by atoms with Crippen LogP contribution in [0, 0.1) is 5.82 Å². The number of benzene rings is 1. The average Bonchev–Trinajstić information content (AvgIpc) is 2.36. The van der Waals surface area contributed by atoms with Gasteiger partial charge in [-0.2, -0.15) is 0 Å². The number of halogens is 1. The Morgan fingerprint density at radius 1 is 1.33 bits per heavy atom. The first-order valence-corrected chi connectivity index (χ1v) is 7.72. The summed E-state index contributed by atoms with van der Waals surface area (Å²) < 4.78 is 37.4. The van der Waals surface area contributed by atoms with E-state index in [0.717, 1.165) is 18.2 Å². The minimum atomic E-state index is -4.03. The number of nitrogens with zero attached hydrogens (tertiary/aromatic N) is 1. The number of hydrogen-bond donors (Lipinski definition) is 1. The minimum Gasteiger partial charge on any atom is -0.478 e. The molecule has 0 saturated heterocycles. The molecule has 0 unspecified atom stereocenters. The number of rotatable bonds is 5. The summed E-state index contributed by atoms with van der Waals surface area (Å²) in [6.07, 6.45) is 0. The molecule has 0 fully saturated rings. The third kappa shape index (κ3) is 4.01. The van der Waals surface area contributed by atoms with E-state index < -0.39 is 43.7 Å². The van der Waals surface area contributed by atoms with E-state index in [1.54, 1.807) is 13.8 Å². The van der Waals surface area contributed by atoms with Gasteiger partial charge in [0.1, 0.15) is 11.6 Å². The molecule has 0 radical (unpaired) electrons. The SMILES string of the molecule is CC(C)N(C)C(=O)CS(=O)(=O)c1ccc(F)c(C(=O)O)c1. The van der Waals surface area contributed by atoms with Crippen molar-refractivity contribution in [3.63, 3.8) is 0 Å². The van der Waals surface area contributed by atoms with Gasteiger partial charge in [0.25, 0.3) is 0 Å². The Balaban J connectivity index is 3.12. The lowest BCUT2D eigenvalue weighted by molar-refractivity contribution is -0.128. The van der Waals surface area contributed by atoms with Crippen LogP contribution in [0.15, 0.2) is 23.1 Å². The van der Waals surface area contributed by atoms with Crippen LogP contribution in [-0.4, -0.2) is 49.1 Å². The molecular formula is C13H16FNO5S. The van der Waals surface area contributed by atoms with Crippen LogP contribution < -0.4 is 0 Å². The third-order valence-corrected chi connectivity index (χ3v) is 4.61. The van der Waals surface area contributed by atoms with Gasteiger partial charge in [0, 0.05) is 13.1 Å². The maximum absolute atomic E-state index is 13.3. The summed E-state index contributed by atoms with van der Waals surface area (Å²) in [5, 5.41) is 8.79. The number of carboxylic acids is 1. The second kappa shape index (κ2) is 6.21. The van der Waals surface area contributed by atoms with Gasteiger partial charge in [-0.3, -0.25) is 4.79 Å². The zero-order valence-corrected chi connectivity index (χ0v) is 12.6. The Hall–Kier alpha value is -1.96. The van der Waals surface area contributed by atoms with Crippen LogP contribution in [0.2, 0.25) is 0 Å². The number of amides is 1. The molecule has 1 aromatic rings. The van der Waals surface area contributed by atoms with Crippen molar-refractivity contribution in [3.05, 3.63) is 29.6 Å². The molecule has 1 amide bonds. The van der Waals surface area contributed by atoms with Gasteiger partial charge in [0.05, 0.1) is 10.5 Å². The minimum absolute atomic E-state index is 0.171. The Morgan fingerprint density at radius 3 is 2.38 bits per heavy atom. The van der Waals surface area contributed by atoms with E-state index in [2.05, 4.69) is 0 Å². The number of aromatic carboxylic acids is 1. The molecule has 1 N–H and O–H groups in total. The maximum atomic E-state index is 13.3. The standard InChI is InChI=1S/C13H16FNO5S/c1-8(2)15(3)12(16)7-21(19,20)9-4-5-11(14)10(6-9)13(17)18/h4-6,8H,7H2,1-3H3,(H,17,18). The predicted octanol–water partition coefficient (Wildman–Crippen LogP) is 1.16. The van der Waals surface area contributed by atoms with Crippen molar-refractivity contribution in [2.24, 2.45) is 0 Å². The number of carbonyl (C=O) groups excluding carboxylic acids is 1. The van der Waals surface area contributed by atoms with Crippen LogP contribution >= 0.6 is 0 Å². The van der Waals surface area contributed by atoms with Crippen LogP contribution in [0.5, 0.6) is 0 Å². The van der Waals surface area contributed by atoms with Gasteiger partial charge >= 0.3 is 5.97 Å². The van der Waals surface area contributed by atoms with E-state index in [4.69, 9.17) is 5.11 Å². The van der Waals surface area contributed by atoms with Crippen molar-refractivity contribution in [3.8, 4) is 0 Å². The highest BCUT2D eigenvalue weighted by molar-refractivity contribution is 7.92. The molecular weight excluding hydrogens is 301 g/mol. The summed E-state index contributed by atoms with van der Waals surface area (Å²) in [6.45, 7) is 3.45. The molecule has 1 rings (SSSR count). The van der Waals surface area contributed by atoms with E-state index in [1.807, 2.05) is 0 Å². The summed E-state index contributed by atoms with van der Waals surface area (Å²) in [6, 6.07) is 2.25. The van der Waals surface area contributed by atoms with Crippen LogP contribution in [0.3, 0.4) is 0 Å². The van der Waals surface area contributed by atoms with E-state index >= 15 is 0 Å². The zero-order valence-electron chi connectivity index (χ0n) is 11.8. The Labute approximate surface area is 122 Å². The Morgan fingerprint density at radius 2 is 1.90 bits per heavy atom. The molecule has 0 saturated carbocycles. The summed E-state index contributed by atoms with van der Waals surface area (Å²) in [5.74, 6) is -4.03. The van der Waals surface area contributed by atoms with Crippen molar-refractivity contribution >= 4 is 21.7 Å². The molecule has 0 aliphatic carbocycles. The van der Waals surface area contributed by atoms with Crippen LogP contribution in [0.25, 0.3) is 0 Å². The lowest BCUT2D eigenvalue weighted by Gasteiger charge is -2.21. The summed E-state index contributed by atoms with van der Waals surface area (Å²) in [4.78, 5) is 23.5. The van der Waals surface area contributed by atoms with Gasteiger partial charge < -0.3 is 10.0 Å². The number of carbonyl (C=O) groups is 2. The normalized spacial score (nSPS) is 11.5. The molecule has 0 heterocycles. The van der Waals surface area contributed by atoms with Gasteiger partial charge in [0.15, 0.2) is 9.84 Å². The first-order chi connectivity index (χ1) is 9.56. The quantitative estimate of drug-likeness (QED) is 0.823. The van der Waals surface area contributed by atoms with E-state index in [-0.39, 0.29) is 6.04 Å². The molecule has 1 aromatic carbocycles. The predicted molar refractivity (Wildman–Crippen MR) is 73.3 cm³/mol. The summed E-state index contributed by atoms with van der Waals surface area (Å²) in [5.41, 5.74) is -0.749. The average molecular weight is 317 g/mol. The largest absolute Gasteiger partial charge is 0.478 e. The third-order valence-electron chi connectivity index (χ3n) is 3.01. The topological polar surface area (TPSA) is 91.8 Å². The second-order valence-electron chi connectivity index (χ2n) is 4.80. The smallest absolute Gasteiger partial charge is 0.338 e. The molecule has 0 aliphatic rings. The Kier molecular flexibility index (Phi) is 5.06. The Bertz CT molecular complexity index is 669. The van der Waals surface area contributed by atoms with Crippen LogP contribution in [-0.2, 0) is 14.6 Å². The van der Waals surface area contributed by atoms with Crippen molar-refractivity contribution in [2.75, 3.05) is 12.8 Å². The molecule has 0 aliphatic heterocycles. The highest BCUT2D eigenvalue weighted by Gasteiger charge is 2.24. The highest BCUT2D eigenvalue weighted by atomic mass is 32.2. The molecule has 0 aromatic heterocycles. The highest BCUT2D eigenvalue weighted by Crippen LogP contribution is 2.17. The molecule has 8 heteroatoms. The first-order valence-electron chi connectivity index (χ1n) is 6.07. The van der Waals surface area contributed by atoms with Crippen molar-refractivity contribution in [1.82, 2.24) is 4.90 Å². The van der Waals surface area contributed by atoms with Gasteiger partial charge in [0.2, 0.25) is 5.91 Å². The molecule has 0 bridgehead atoms.